The van der Waals surface area contributed by atoms with Gasteiger partial charge in [-0.15, -0.1) is 0 Å². The second-order valence-corrected chi connectivity index (χ2v) is 7.61. The molecule has 122 valence electrons. The Morgan fingerprint density at radius 1 is 1.09 bits per heavy atom. The third-order valence-corrected chi connectivity index (χ3v) is 6.13. The molecule has 2 saturated carbocycles. The summed E-state index contributed by atoms with van der Waals surface area (Å²) < 4.78 is 0. The van der Waals surface area contributed by atoms with Crippen molar-refractivity contribution in [2.24, 2.45) is 11.0 Å². The lowest BCUT2D eigenvalue weighted by molar-refractivity contribution is 0.0286. The highest BCUT2D eigenvalue weighted by molar-refractivity contribution is 6.30. The van der Waals surface area contributed by atoms with Gasteiger partial charge >= 0.3 is 0 Å². The SMILES string of the molecule is O=C(c1ccc(Cl)cc1)N1N=C2CCCC[C@H]2C12CCCCC2. The van der Waals surface area contributed by atoms with Crippen LogP contribution in [0.25, 0.3) is 0 Å². The molecule has 1 aromatic rings. The zero-order chi connectivity index (χ0) is 15.9. The molecule has 1 spiro atoms. The maximum absolute atomic E-state index is 13.2. The van der Waals surface area contributed by atoms with Crippen molar-refractivity contribution in [3.63, 3.8) is 0 Å². The minimum Gasteiger partial charge on any atom is -0.267 e. The molecular formula is C19H23ClN2O. The van der Waals surface area contributed by atoms with E-state index in [2.05, 4.69) is 0 Å². The molecule has 0 unspecified atom stereocenters. The third kappa shape index (κ3) is 2.50. The third-order valence-electron chi connectivity index (χ3n) is 5.88. The monoisotopic (exact) mass is 330 g/mol. The molecule has 0 radical (unpaired) electrons. The topological polar surface area (TPSA) is 32.7 Å². The van der Waals surface area contributed by atoms with Crippen molar-refractivity contribution in [3.05, 3.63) is 34.9 Å². The van der Waals surface area contributed by atoms with Crippen LogP contribution in [0.3, 0.4) is 0 Å². The maximum atomic E-state index is 13.2. The average molecular weight is 331 g/mol. The summed E-state index contributed by atoms with van der Waals surface area (Å²) in [6.45, 7) is 0. The number of rotatable bonds is 1. The summed E-state index contributed by atoms with van der Waals surface area (Å²) >= 11 is 5.97. The highest BCUT2D eigenvalue weighted by atomic mass is 35.5. The van der Waals surface area contributed by atoms with Crippen molar-refractivity contribution in [1.82, 2.24) is 5.01 Å². The largest absolute Gasteiger partial charge is 0.274 e. The number of halogens is 1. The van der Waals surface area contributed by atoms with Gasteiger partial charge in [-0.3, -0.25) is 4.79 Å². The molecule has 2 aliphatic carbocycles. The first-order valence-electron chi connectivity index (χ1n) is 8.88. The van der Waals surface area contributed by atoms with Crippen LogP contribution in [-0.2, 0) is 0 Å². The molecular weight excluding hydrogens is 308 g/mol. The number of fused-ring (bicyclic) bond motifs is 2. The summed E-state index contributed by atoms with van der Waals surface area (Å²) in [6, 6.07) is 7.23. The van der Waals surface area contributed by atoms with Gasteiger partial charge in [-0.05, 0) is 56.4 Å². The fraction of sp³-hybridized carbons (Fsp3) is 0.579. The molecule has 1 aromatic carbocycles. The molecule has 3 nitrogen and oxygen atoms in total. The number of amides is 1. The van der Waals surface area contributed by atoms with Crippen LogP contribution in [-0.4, -0.2) is 22.2 Å². The van der Waals surface area contributed by atoms with E-state index in [4.69, 9.17) is 16.7 Å². The predicted molar refractivity (Wildman–Crippen MR) is 92.8 cm³/mol. The molecule has 0 saturated heterocycles. The normalized spacial score (nSPS) is 26.0. The minimum absolute atomic E-state index is 0.0467. The van der Waals surface area contributed by atoms with Crippen molar-refractivity contribution < 1.29 is 4.79 Å². The second-order valence-electron chi connectivity index (χ2n) is 7.18. The summed E-state index contributed by atoms with van der Waals surface area (Å²) in [5.74, 6) is 0.540. The van der Waals surface area contributed by atoms with Gasteiger partial charge in [-0.1, -0.05) is 37.3 Å². The first-order valence-corrected chi connectivity index (χ1v) is 9.26. The molecule has 2 fully saturated rings. The molecule has 4 heteroatoms. The van der Waals surface area contributed by atoms with Gasteiger partial charge in [0.2, 0.25) is 0 Å². The van der Waals surface area contributed by atoms with E-state index < -0.39 is 0 Å². The van der Waals surface area contributed by atoms with Gasteiger partial charge < -0.3 is 0 Å². The van der Waals surface area contributed by atoms with E-state index in [9.17, 15) is 4.79 Å². The molecule has 0 bridgehead atoms. The smallest absolute Gasteiger partial charge is 0.267 e. The van der Waals surface area contributed by atoms with E-state index in [-0.39, 0.29) is 11.4 Å². The molecule has 0 N–H and O–H groups in total. The van der Waals surface area contributed by atoms with Gasteiger partial charge in [0.15, 0.2) is 0 Å². The van der Waals surface area contributed by atoms with E-state index >= 15 is 0 Å². The number of nitrogens with zero attached hydrogens (tertiary/aromatic N) is 2. The van der Waals surface area contributed by atoms with Crippen LogP contribution in [0.5, 0.6) is 0 Å². The highest BCUT2D eigenvalue weighted by Crippen LogP contribution is 2.49. The number of hydrogen-bond donors (Lipinski definition) is 0. The van der Waals surface area contributed by atoms with Crippen molar-refractivity contribution in [3.8, 4) is 0 Å². The van der Waals surface area contributed by atoms with Gasteiger partial charge in [0.25, 0.3) is 5.91 Å². The lowest BCUT2D eigenvalue weighted by atomic mass is 9.67. The number of carbonyl (C=O) groups is 1. The Hall–Kier alpha value is -1.35. The fourth-order valence-corrected chi connectivity index (χ4v) is 4.88. The first kappa shape index (κ1) is 15.2. The lowest BCUT2D eigenvalue weighted by Gasteiger charge is -2.44. The predicted octanol–water partition coefficient (Wildman–Crippen LogP) is 5.04. The van der Waals surface area contributed by atoms with Gasteiger partial charge in [-0.25, -0.2) is 5.01 Å². The van der Waals surface area contributed by atoms with Crippen LogP contribution in [0.1, 0.15) is 68.1 Å². The molecule has 1 amide bonds. The molecule has 23 heavy (non-hydrogen) atoms. The second kappa shape index (κ2) is 5.94. The Kier molecular flexibility index (Phi) is 3.92. The first-order chi connectivity index (χ1) is 11.2. The van der Waals surface area contributed by atoms with Crippen LogP contribution in [0, 0.1) is 5.92 Å². The molecule has 4 rings (SSSR count). The van der Waals surface area contributed by atoms with Crippen LogP contribution in [0.2, 0.25) is 5.02 Å². The Morgan fingerprint density at radius 3 is 2.57 bits per heavy atom. The van der Waals surface area contributed by atoms with Crippen LogP contribution in [0.15, 0.2) is 29.4 Å². The van der Waals surface area contributed by atoms with Gasteiger partial charge in [0.05, 0.1) is 5.54 Å². The van der Waals surface area contributed by atoms with E-state index in [0.717, 1.165) is 19.3 Å². The quantitative estimate of drug-likeness (QED) is 0.709. The summed E-state index contributed by atoms with van der Waals surface area (Å²) in [5.41, 5.74) is 1.92. The van der Waals surface area contributed by atoms with E-state index in [0.29, 0.717) is 16.5 Å². The molecule has 1 aliphatic heterocycles. The Labute approximate surface area is 142 Å². The summed E-state index contributed by atoms with van der Waals surface area (Å²) in [4.78, 5) is 13.2. The van der Waals surface area contributed by atoms with E-state index in [1.54, 1.807) is 12.1 Å². The maximum Gasteiger partial charge on any atom is 0.274 e. The number of hydrazone groups is 1. The van der Waals surface area contributed by atoms with Crippen molar-refractivity contribution in [1.29, 1.82) is 0 Å². The van der Waals surface area contributed by atoms with Crippen molar-refractivity contribution in [2.45, 2.75) is 63.3 Å². The van der Waals surface area contributed by atoms with Gasteiger partial charge in [0, 0.05) is 22.2 Å². The summed E-state index contributed by atoms with van der Waals surface area (Å²) in [7, 11) is 0. The Bertz CT molecular complexity index is 631. The Balaban J connectivity index is 1.70. The van der Waals surface area contributed by atoms with Gasteiger partial charge in [-0.2, -0.15) is 5.10 Å². The zero-order valence-electron chi connectivity index (χ0n) is 13.4. The van der Waals surface area contributed by atoms with Gasteiger partial charge in [0.1, 0.15) is 0 Å². The average Bonchev–Trinajstić information content (AvgIpc) is 2.90. The molecule has 1 atom stereocenters. The number of carbonyl (C=O) groups excluding carboxylic acids is 1. The van der Waals surface area contributed by atoms with E-state index in [1.807, 2.05) is 17.1 Å². The van der Waals surface area contributed by atoms with Crippen molar-refractivity contribution >= 4 is 23.2 Å². The Morgan fingerprint density at radius 2 is 1.83 bits per heavy atom. The number of benzene rings is 1. The zero-order valence-corrected chi connectivity index (χ0v) is 14.2. The minimum atomic E-state index is -0.0509. The van der Waals surface area contributed by atoms with Crippen LogP contribution in [0.4, 0.5) is 0 Å². The van der Waals surface area contributed by atoms with Crippen LogP contribution >= 0.6 is 11.6 Å². The van der Waals surface area contributed by atoms with E-state index in [1.165, 1.54) is 44.2 Å². The molecule has 0 aromatic heterocycles. The summed E-state index contributed by atoms with van der Waals surface area (Å²) in [6.07, 6.45) is 10.7. The molecule has 3 aliphatic rings. The number of hydrogen-bond acceptors (Lipinski definition) is 2. The highest BCUT2D eigenvalue weighted by Gasteiger charge is 2.53. The fourth-order valence-electron chi connectivity index (χ4n) is 4.76. The lowest BCUT2D eigenvalue weighted by Crippen LogP contribution is -2.52. The summed E-state index contributed by atoms with van der Waals surface area (Å²) in [5, 5.41) is 7.39. The van der Waals surface area contributed by atoms with Crippen molar-refractivity contribution in [2.75, 3.05) is 0 Å². The molecule has 1 heterocycles. The van der Waals surface area contributed by atoms with Crippen LogP contribution < -0.4 is 0 Å². The standard InChI is InChI=1S/C19H23ClN2O/c20-15-10-8-14(9-11-15)18(23)22-19(12-4-1-5-13-19)16-6-2-3-7-17(16)21-22/h8-11,16H,1-7,12-13H2/t16-/m1/s1.